The lowest BCUT2D eigenvalue weighted by atomic mass is 10.2. The molecule has 0 bridgehead atoms. The Labute approximate surface area is 139 Å². The molecular formula is C17H22N4O3. The maximum Gasteiger partial charge on any atom is 0.331 e. The molecule has 0 aliphatic carbocycles. The number of benzene rings is 1. The number of rotatable bonds is 6. The average molecular weight is 330 g/mol. The third-order valence-electron chi connectivity index (χ3n) is 4.02. The van der Waals surface area contributed by atoms with Crippen LogP contribution in [0.1, 0.15) is 12.5 Å². The van der Waals surface area contributed by atoms with E-state index in [0.717, 1.165) is 10.1 Å². The maximum atomic E-state index is 12.5. The summed E-state index contributed by atoms with van der Waals surface area (Å²) in [7, 11) is 1.61. The minimum Gasteiger partial charge on any atom is -0.340 e. The van der Waals surface area contributed by atoms with Crippen LogP contribution in [-0.2, 0) is 17.9 Å². The third kappa shape index (κ3) is 3.99. The molecule has 1 amide bonds. The average Bonchev–Trinajstić information content (AvgIpc) is 2.60. The van der Waals surface area contributed by atoms with E-state index in [9.17, 15) is 14.4 Å². The van der Waals surface area contributed by atoms with E-state index >= 15 is 0 Å². The largest absolute Gasteiger partial charge is 0.340 e. The molecule has 0 aliphatic heterocycles. The monoisotopic (exact) mass is 330 g/mol. The summed E-state index contributed by atoms with van der Waals surface area (Å²) in [5, 5.41) is 0. The van der Waals surface area contributed by atoms with Gasteiger partial charge in [-0.15, -0.1) is 0 Å². The molecule has 128 valence electrons. The second-order valence-corrected chi connectivity index (χ2v) is 5.73. The van der Waals surface area contributed by atoms with Gasteiger partial charge >= 0.3 is 5.69 Å². The van der Waals surface area contributed by atoms with E-state index in [1.165, 1.54) is 21.7 Å². The number of nitrogens with two attached hydrogens (primary N) is 1. The van der Waals surface area contributed by atoms with Crippen molar-refractivity contribution in [3.05, 3.63) is 69.0 Å². The highest BCUT2D eigenvalue weighted by atomic mass is 16.2. The van der Waals surface area contributed by atoms with Gasteiger partial charge in [-0.2, -0.15) is 0 Å². The molecule has 0 saturated heterocycles. The standard InChI is InChI=1S/C17H22N4O3/c1-13(10-18)19(2)16(23)12-21-15(22)8-9-20(17(21)24)11-14-6-4-3-5-7-14/h3-9,13H,10-12,18H2,1-2H3. The zero-order valence-electron chi connectivity index (χ0n) is 13.9. The Morgan fingerprint density at radius 3 is 2.50 bits per heavy atom. The predicted octanol–water partition coefficient (Wildman–Crippen LogP) is -0.136. The highest BCUT2D eigenvalue weighted by Crippen LogP contribution is 2.00. The molecule has 0 saturated carbocycles. The number of likely N-dealkylation sites (N-methyl/N-ethyl adjacent to an activating group) is 1. The van der Waals surface area contributed by atoms with Gasteiger partial charge in [0.1, 0.15) is 6.54 Å². The SMILES string of the molecule is CC(CN)N(C)C(=O)Cn1c(=O)ccn(Cc2ccccc2)c1=O. The van der Waals surface area contributed by atoms with E-state index in [0.29, 0.717) is 13.1 Å². The summed E-state index contributed by atoms with van der Waals surface area (Å²) in [5.41, 5.74) is 5.48. The minimum absolute atomic E-state index is 0.163. The summed E-state index contributed by atoms with van der Waals surface area (Å²) in [6.45, 7) is 2.15. The Kier molecular flexibility index (Phi) is 5.70. The molecule has 1 heterocycles. The van der Waals surface area contributed by atoms with Gasteiger partial charge in [0.15, 0.2) is 0 Å². The first-order valence-corrected chi connectivity index (χ1v) is 7.74. The van der Waals surface area contributed by atoms with E-state index in [-0.39, 0.29) is 18.5 Å². The lowest BCUT2D eigenvalue weighted by molar-refractivity contribution is -0.132. The van der Waals surface area contributed by atoms with Gasteiger partial charge in [0.2, 0.25) is 5.91 Å². The van der Waals surface area contributed by atoms with Crippen molar-refractivity contribution in [1.29, 1.82) is 0 Å². The molecule has 1 aromatic heterocycles. The van der Waals surface area contributed by atoms with Crippen molar-refractivity contribution >= 4 is 5.91 Å². The van der Waals surface area contributed by atoms with Crippen LogP contribution in [0, 0.1) is 0 Å². The van der Waals surface area contributed by atoms with Crippen molar-refractivity contribution in [3.8, 4) is 0 Å². The van der Waals surface area contributed by atoms with E-state index in [2.05, 4.69) is 0 Å². The van der Waals surface area contributed by atoms with Gasteiger partial charge < -0.3 is 10.6 Å². The number of carbonyl (C=O) groups is 1. The van der Waals surface area contributed by atoms with Crippen LogP contribution in [0.3, 0.4) is 0 Å². The van der Waals surface area contributed by atoms with Crippen molar-refractivity contribution in [2.24, 2.45) is 5.73 Å². The molecule has 7 nitrogen and oxygen atoms in total. The Bertz CT molecular complexity index is 811. The molecule has 2 aromatic rings. The summed E-state index contributed by atoms with van der Waals surface area (Å²) in [6.07, 6.45) is 1.45. The van der Waals surface area contributed by atoms with Gasteiger partial charge in [0, 0.05) is 31.9 Å². The highest BCUT2D eigenvalue weighted by molar-refractivity contribution is 5.76. The summed E-state index contributed by atoms with van der Waals surface area (Å²) >= 11 is 0. The van der Waals surface area contributed by atoms with Gasteiger partial charge in [-0.1, -0.05) is 30.3 Å². The lowest BCUT2D eigenvalue weighted by Crippen LogP contribution is -2.46. The second kappa shape index (κ2) is 7.74. The van der Waals surface area contributed by atoms with Crippen LogP contribution in [0.25, 0.3) is 0 Å². The van der Waals surface area contributed by atoms with Crippen molar-refractivity contribution in [1.82, 2.24) is 14.0 Å². The molecule has 0 spiro atoms. The van der Waals surface area contributed by atoms with Crippen LogP contribution in [0.5, 0.6) is 0 Å². The third-order valence-corrected chi connectivity index (χ3v) is 4.02. The molecule has 0 radical (unpaired) electrons. The first kappa shape index (κ1) is 17.7. The van der Waals surface area contributed by atoms with Crippen molar-refractivity contribution in [2.45, 2.75) is 26.1 Å². The van der Waals surface area contributed by atoms with Crippen LogP contribution in [0.2, 0.25) is 0 Å². The normalized spacial score (nSPS) is 12.0. The fourth-order valence-corrected chi connectivity index (χ4v) is 2.25. The van der Waals surface area contributed by atoms with Gasteiger partial charge in [-0.25, -0.2) is 4.79 Å². The predicted molar refractivity (Wildman–Crippen MR) is 91.8 cm³/mol. The molecule has 2 N–H and O–H groups in total. The van der Waals surface area contributed by atoms with Gasteiger partial charge in [0.25, 0.3) is 5.56 Å². The van der Waals surface area contributed by atoms with Crippen molar-refractivity contribution in [2.75, 3.05) is 13.6 Å². The van der Waals surface area contributed by atoms with Crippen molar-refractivity contribution in [3.63, 3.8) is 0 Å². The smallest absolute Gasteiger partial charge is 0.331 e. The van der Waals surface area contributed by atoms with Gasteiger partial charge in [-0.3, -0.25) is 18.7 Å². The number of amides is 1. The zero-order valence-corrected chi connectivity index (χ0v) is 13.9. The molecule has 0 fully saturated rings. The quantitative estimate of drug-likeness (QED) is 0.798. The number of carbonyl (C=O) groups excluding carboxylic acids is 1. The molecule has 1 atom stereocenters. The molecule has 7 heteroatoms. The number of aromatic nitrogens is 2. The number of hydrogen-bond donors (Lipinski definition) is 1. The van der Waals surface area contributed by atoms with Gasteiger partial charge in [0.05, 0.1) is 6.54 Å². The molecule has 0 aliphatic rings. The maximum absolute atomic E-state index is 12.5. The number of nitrogens with zero attached hydrogens (tertiary/aromatic N) is 3. The van der Waals surface area contributed by atoms with Crippen LogP contribution in [-0.4, -0.2) is 39.6 Å². The topological polar surface area (TPSA) is 90.3 Å². The van der Waals surface area contributed by atoms with Crippen LogP contribution < -0.4 is 17.0 Å². The summed E-state index contributed by atoms with van der Waals surface area (Å²) in [4.78, 5) is 38.2. The molecule has 24 heavy (non-hydrogen) atoms. The van der Waals surface area contributed by atoms with E-state index in [4.69, 9.17) is 5.73 Å². The minimum atomic E-state index is -0.506. The van der Waals surface area contributed by atoms with Gasteiger partial charge in [-0.05, 0) is 12.5 Å². The fourth-order valence-electron chi connectivity index (χ4n) is 2.25. The van der Waals surface area contributed by atoms with Crippen LogP contribution in [0.4, 0.5) is 0 Å². The van der Waals surface area contributed by atoms with E-state index in [1.54, 1.807) is 14.0 Å². The molecule has 1 unspecified atom stereocenters. The summed E-state index contributed by atoms with van der Waals surface area (Å²) in [5.74, 6) is -0.329. The van der Waals surface area contributed by atoms with E-state index in [1.807, 2.05) is 30.3 Å². The fraction of sp³-hybridized carbons (Fsp3) is 0.353. The first-order chi connectivity index (χ1) is 11.4. The van der Waals surface area contributed by atoms with E-state index < -0.39 is 11.2 Å². The second-order valence-electron chi connectivity index (χ2n) is 5.73. The summed E-state index contributed by atoms with van der Waals surface area (Å²) in [6, 6.07) is 10.6. The lowest BCUT2D eigenvalue weighted by Gasteiger charge is -2.23. The van der Waals surface area contributed by atoms with Crippen LogP contribution >= 0.6 is 0 Å². The zero-order chi connectivity index (χ0) is 17.7. The van der Waals surface area contributed by atoms with Crippen LogP contribution in [0.15, 0.2) is 52.2 Å². The molecular weight excluding hydrogens is 308 g/mol. The highest BCUT2D eigenvalue weighted by Gasteiger charge is 2.17. The Morgan fingerprint density at radius 2 is 1.88 bits per heavy atom. The first-order valence-electron chi connectivity index (χ1n) is 7.74. The Hall–Kier alpha value is -2.67. The molecule has 2 rings (SSSR count). The summed E-state index contributed by atoms with van der Waals surface area (Å²) < 4.78 is 2.36. The number of hydrogen-bond acceptors (Lipinski definition) is 4. The molecule has 1 aromatic carbocycles. The van der Waals surface area contributed by atoms with Crippen molar-refractivity contribution < 1.29 is 4.79 Å². The Morgan fingerprint density at radius 1 is 1.21 bits per heavy atom. The Balaban J connectivity index is 2.28.